The third-order valence-corrected chi connectivity index (χ3v) is 3.63. The van der Waals surface area contributed by atoms with Crippen LogP contribution in [0.2, 0.25) is 10.0 Å². The maximum absolute atomic E-state index is 11.6. The summed E-state index contributed by atoms with van der Waals surface area (Å²) in [6.45, 7) is -0.427. The van der Waals surface area contributed by atoms with Gasteiger partial charge in [-0.2, -0.15) is 0 Å². The summed E-state index contributed by atoms with van der Waals surface area (Å²) in [4.78, 5) is 35.1. The number of hydrogen-bond donors (Lipinski definition) is 0. The molecule has 0 aromatic heterocycles. The number of carbonyl (C=O) groups excluding carboxylic acids is 3. The highest BCUT2D eigenvalue weighted by atomic mass is 35.5. The van der Waals surface area contributed by atoms with Gasteiger partial charge in [0.15, 0.2) is 0 Å². The Morgan fingerprint density at radius 1 is 1.37 bits per heavy atom. The second-order valence-corrected chi connectivity index (χ2v) is 5.35. The van der Waals surface area contributed by atoms with Gasteiger partial charge in [-0.15, -0.1) is 0 Å². The first kappa shape index (κ1) is 14.2. The molecular weight excluding hydrogens is 313 g/mol. The van der Waals surface area contributed by atoms with Gasteiger partial charge in [0, 0.05) is 5.02 Å². The van der Waals surface area contributed by atoms with Crippen molar-refractivity contribution in [2.45, 2.75) is 0 Å². The van der Waals surface area contributed by atoms with Crippen molar-refractivity contribution >= 4 is 52.1 Å². The van der Waals surface area contributed by atoms with Crippen LogP contribution in [0.15, 0.2) is 18.2 Å². The lowest BCUT2D eigenvalue weighted by atomic mass is 10.3. The lowest BCUT2D eigenvalue weighted by molar-refractivity contribution is -0.138. The smallest absolute Gasteiger partial charge is 0.331 e. The Balaban J connectivity index is 2.01. The van der Waals surface area contributed by atoms with Crippen LogP contribution < -0.4 is 4.74 Å². The molecule has 0 unspecified atom stereocenters. The average molecular weight is 320 g/mol. The summed E-state index contributed by atoms with van der Waals surface area (Å²) in [5, 5.41) is 0.129. The second kappa shape index (κ2) is 5.81. The molecule has 2 amide bonds. The molecule has 0 saturated carbocycles. The van der Waals surface area contributed by atoms with Crippen molar-refractivity contribution in [3.05, 3.63) is 28.2 Å². The van der Waals surface area contributed by atoms with Crippen LogP contribution in [0.5, 0.6) is 5.75 Å². The molecule has 19 heavy (non-hydrogen) atoms. The van der Waals surface area contributed by atoms with E-state index in [2.05, 4.69) is 0 Å². The van der Waals surface area contributed by atoms with Crippen molar-refractivity contribution < 1.29 is 19.1 Å². The maximum Gasteiger partial charge on any atom is 0.331 e. The van der Waals surface area contributed by atoms with Gasteiger partial charge in [-0.25, -0.2) is 4.79 Å². The number of benzene rings is 1. The number of amides is 2. The second-order valence-electron chi connectivity index (χ2n) is 3.58. The van der Waals surface area contributed by atoms with Crippen LogP contribution in [-0.4, -0.2) is 34.3 Å². The standard InChI is InChI=1S/C11H7Cl2NO4S/c12-6-1-2-8(7(13)3-6)18-10(16)4-14-9(15)5-19-11(14)17/h1-3H,4-5H2. The number of halogens is 2. The van der Waals surface area contributed by atoms with Gasteiger partial charge in [-0.1, -0.05) is 35.0 Å². The van der Waals surface area contributed by atoms with Crippen molar-refractivity contribution in [2.75, 3.05) is 12.3 Å². The molecule has 0 N–H and O–H groups in total. The Kier molecular flexibility index (Phi) is 4.34. The Hall–Kier alpha value is -1.24. The number of carbonyl (C=O) groups is 3. The zero-order valence-corrected chi connectivity index (χ0v) is 11.7. The number of ether oxygens (including phenoxy) is 1. The van der Waals surface area contributed by atoms with Gasteiger partial charge < -0.3 is 4.74 Å². The molecule has 1 aromatic rings. The van der Waals surface area contributed by atoms with E-state index in [9.17, 15) is 14.4 Å². The van der Waals surface area contributed by atoms with Crippen LogP contribution in [0.25, 0.3) is 0 Å². The van der Waals surface area contributed by atoms with Crippen LogP contribution in [0, 0.1) is 0 Å². The third kappa shape index (κ3) is 3.40. The van der Waals surface area contributed by atoms with E-state index in [4.69, 9.17) is 27.9 Å². The van der Waals surface area contributed by atoms with Crippen LogP contribution >= 0.6 is 35.0 Å². The minimum atomic E-state index is -0.742. The van der Waals surface area contributed by atoms with Crippen molar-refractivity contribution in [1.29, 1.82) is 0 Å². The maximum atomic E-state index is 11.6. The summed E-state index contributed by atoms with van der Waals surface area (Å²) < 4.78 is 4.97. The van der Waals surface area contributed by atoms with Crippen LogP contribution in [0.4, 0.5) is 4.79 Å². The molecule has 1 aromatic carbocycles. The molecule has 0 radical (unpaired) electrons. The highest BCUT2D eigenvalue weighted by Crippen LogP contribution is 2.28. The Morgan fingerprint density at radius 2 is 2.11 bits per heavy atom. The first-order valence-corrected chi connectivity index (χ1v) is 6.84. The van der Waals surface area contributed by atoms with Crippen LogP contribution in [0.1, 0.15) is 0 Å². The third-order valence-electron chi connectivity index (χ3n) is 2.25. The van der Waals surface area contributed by atoms with Crippen molar-refractivity contribution in [3.8, 4) is 5.75 Å². The van der Waals surface area contributed by atoms with Crippen molar-refractivity contribution in [1.82, 2.24) is 4.90 Å². The van der Waals surface area contributed by atoms with E-state index < -0.39 is 23.7 Å². The number of imide groups is 1. The van der Waals surface area contributed by atoms with Gasteiger partial charge in [0.05, 0.1) is 10.8 Å². The molecule has 0 bridgehead atoms. The molecule has 1 heterocycles. The Bertz CT molecular complexity index is 548. The molecule has 1 fully saturated rings. The van der Waals surface area contributed by atoms with E-state index in [0.717, 1.165) is 16.7 Å². The van der Waals surface area contributed by atoms with E-state index in [1.807, 2.05) is 0 Å². The normalized spacial score (nSPS) is 14.9. The summed E-state index contributed by atoms with van der Waals surface area (Å²) in [6, 6.07) is 4.37. The lowest BCUT2D eigenvalue weighted by Crippen LogP contribution is -2.35. The Morgan fingerprint density at radius 3 is 2.68 bits per heavy atom. The van der Waals surface area contributed by atoms with Gasteiger partial charge in [0.25, 0.3) is 5.24 Å². The molecule has 1 aliphatic rings. The molecule has 1 saturated heterocycles. The molecular formula is C11H7Cl2NO4S. The highest BCUT2D eigenvalue weighted by Gasteiger charge is 2.32. The highest BCUT2D eigenvalue weighted by molar-refractivity contribution is 8.14. The molecule has 100 valence electrons. The monoisotopic (exact) mass is 319 g/mol. The van der Waals surface area contributed by atoms with Crippen LogP contribution in [-0.2, 0) is 9.59 Å². The topological polar surface area (TPSA) is 63.7 Å². The number of rotatable bonds is 3. The predicted molar refractivity (Wildman–Crippen MR) is 71.7 cm³/mol. The quantitative estimate of drug-likeness (QED) is 0.633. The fourth-order valence-corrected chi connectivity index (χ4v) is 2.55. The zero-order valence-electron chi connectivity index (χ0n) is 9.39. The molecule has 0 spiro atoms. The number of nitrogens with zero attached hydrogens (tertiary/aromatic N) is 1. The van der Waals surface area contributed by atoms with Gasteiger partial charge in [-0.3, -0.25) is 14.5 Å². The molecule has 0 atom stereocenters. The fourth-order valence-electron chi connectivity index (χ4n) is 1.38. The fraction of sp³-hybridized carbons (Fsp3) is 0.182. The summed E-state index contributed by atoms with van der Waals surface area (Å²) in [6.07, 6.45) is 0. The first-order valence-electron chi connectivity index (χ1n) is 5.10. The summed E-state index contributed by atoms with van der Waals surface area (Å²) in [5.41, 5.74) is 0. The SMILES string of the molecule is O=C(CN1C(=O)CSC1=O)Oc1ccc(Cl)cc1Cl. The van der Waals surface area contributed by atoms with Crippen molar-refractivity contribution in [3.63, 3.8) is 0 Å². The van der Waals surface area contributed by atoms with E-state index in [0.29, 0.717) is 5.02 Å². The average Bonchev–Trinajstić information content (AvgIpc) is 2.65. The van der Waals surface area contributed by atoms with E-state index in [1.165, 1.54) is 18.2 Å². The first-order chi connectivity index (χ1) is 8.97. The summed E-state index contributed by atoms with van der Waals surface area (Å²) in [7, 11) is 0. The molecule has 0 aliphatic carbocycles. The van der Waals surface area contributed by atoms with E-state index >= 15 is 0 Å². The predicted octanol–water partition coefficient (Wildman–Crippen LogP) is 2.59. The summed E-state index contributed by atoms with van der Waals surface area (Å²) >= 11 is 12.4. The molecule has 2 rings (SSSR count). The van der Waals surface area contributed by atoms with E-state index in [-0.39, 0.29) is 16.5 Å². The minimum Gasteiger partial charge on any atom is -0.424 e. The van der Waals surface area contributed by atoms with Crippen LogP contribution in [0.3, 0.4) is 0 Å². The molecule has 8 heteroatoms. The van der Waals surface area contributed by atoms with E-state index in [1.54, 1.807) is 0 Å². The molecule has 5 nitrogen and oxygen atoms in total. The van der Waals surface area contributed by atoms with Gasteiger partial charge in [0.2, 0.25) is 5.91 Å². The van der Waals surface area contributed by atoms with Gasteiger partial charge in [-0.05, 0) is 18.2 Å². The largest absolute Gasteiger partial charge is 0.424 e. The van der Waals surface area contributed by atoms with Gasteiger partial charge in [0.1, 0.15) is 12.3 Å². The summed E-state index contributed by atoms with van der Waals surface area (Å²) in [5.74, 6) is -0.973. The van der Waals surface area contributed by atoms with Gasteiger partial charge >= 0.3 is 5.97 Å². The zero-order chi connectivity index (χ0) is 14.0. The number of thioether (sulfide) groups is 1. The Labute approximate surface area is 122 Å². The molecule has 1 aliphatic heterocycles. The minimum absolute atomic E-state index is 0.0494. The lowest BCUT2D eigenvalue weighted by Gasteiger charge is -2.12. The number of hydrogen-bond acceptors (Lipinski definition) is 5. The number of esters is 1. The van der Waals surface area contributed by atoms with Crippen molar-refractivity contribution in [2.24, 2.45) is 0 Å².